The first-order valence-corrected chi connectivity index (χ1v) is 9.00. The topological polar surface area (TPSA) is 74.2 Å². The molecule has 3 rings (SSSR count). The fourth-order valence-corrected chi connectivity index (χ4v) is 3.58. The number of rotatable bonds is 2. The number of hydrogen-bond donors (Lipinski definition) is 1. The zero-order chi connectivity index (χ0) is 17.6. The molecule has 3 fully saturated rings. The second-order valence-electron chi connectivity index (χ2n) is 8.42. The minimum Gasteiger partial charge on any atom is -0.387 e. The van der Waals surface area contributed by atoms with Crippen molar-refractivity contribution in [1.29, 1.82) is 0 Å². The van der Waals surface area contributed by atoms with E-state index in [1.165, 1.54) is 6.42 Å². The average Bonchev–Trinajstić information content (AvgIpc) is 2.92. The molecule has 3 aliphatic rings. The number of carbonyl (C=O) groups is 1. The van der Waals surface area contributed by atoms with E-state index in [2.05, 4.69) is 0 Å². The van der Waals surface area contributed by atoms with E-state index in [1.54, 1.807) is 0 Å². The predicted molar refractivity (Wildman–Crippen MR) is 86.3 cm³/mol. The van der Waals surface area contributed by atoms with E-state index >= 15 is 0 Å². The van der Waals surface area contributed by atoms with Gasteiger partial charge in [-0.05, 0) is 19.8 Å². The second kappa shape index (κ2) is 6.32. The highest BCUT2D eigenvalue weighted by molar-refractivity contribution is 5.85. The molecule has 1 saturated carbocycles. The van der Waals surface area contributed by atoms with Crippen molar-refractivity contribution in [2.75, 3.05) is 13.2 Å². The smallest absolute Gasteiger partial charge is 0.190 e. The van der Waals surface area contributed by atoms with Crippen LogP contribution >= 0.6 is 0 Å². The van der Waals surface area contributed by atoms with Gasteiger partial charge in [0.1, 0.15) is 24.9 Å². The maximum absolute atomic E-state index is 12.3. The first-order valence-electron chi connectivity index (χ1n) is 9.00. The molecule has 138 valence electrons. The van der Waals surface area contributed by atoms with E-state index in [1.807, 2.05) is 27.7 Å². The largest absolute Gasteiger partial charge is 0.387 e. The number of aliphatic hydroxyl groups excluding tert-OH is 1. The molecule has 1 N–H and O–H groups in total. The van der Waals surface area contributed by atoms with Gasteiger partial charge in [0.05, 0.1) is 6.61 Å². The van der Waals surface area contributed by atoms with Crippen molar-refractivity contribution in [3.8, 4) is 0 Å². The lowest BCUT2D eigenvalue weighted by Gasteiger charge is -2.47. The Kier molecular flexibility index (Phi) is 4.81. The Morgan fingerprint density at radius 3 is 2.42 bits per heavy atom. The third-order valence-electron chi connectivity index (χ3n) is 5.70. The second-order valence-corrected chi connectivity index (χ2v) is 8.42. The van der Waals surface area contributed by atoms with Gasteiger partial charge in [-0.15, -0.1) is 0 Å². The van der Waals surface area contributed by atoms with Crippen LogP contribution in [0.5, 0.6) is 0 Å². The lowest BCUT2D eigenvalue weighted by molar-refractivity contribution is -0.323. The maximum atomic E-state index is 12.3. The van der Waals surface area contributed by atoms with Crippen LogP contribution in [-0.2, 0) is 23.7 Å². The van der Waals surface area contributed by atoms with Crippen LogP contribution < -0.4 is 0 Å². The van der Waals surface area contributed by atoms with Gasteiger partial charge in [0.25, 0.3) is 0 Å². The SMILES string of the molecule is CC(C)(C)[C@]1(C)OCC(=O)[C@H]([C@@H](O)[C@H]2COC3(CCCCC3)O2)O1. The summed E-state index contributed by atoms with van der Waals surface area (Å²) in [5.41, 5.74) is -0.330. The van der Waals surface area contributed by atoms with E-state index in [4.69, 9.17) is 18.9 Å². The summed E-state index contributed by atoms with van der Waals surface area (Å²) >= 11 is 0. The summed E-state index contributed by atoms with van der Waals surface area (Å²) in [4.78, 5) is 12.3. The first-order chi connectivity index (χ1) is 11.2. The summed E-state index contributed by atoms with van der Waals surface area (Å²) in [6, 6.07) is 0. The molecule has 0 aromatic carbocycles. The first kappa shape index (κ1) is 18.3. The number of ketones is 1. The Balaban J connectivity index is 1.69. The summed E-state index contributed by atoms with van der Waals surface area (Å²) < 4.78 is 23.5. The molecule has 0 radical (unpaired) electrons. The van der Waals surface area contributed by atoms with E-state index < -0.39 is 29.9 Å². The fourth-order valence-electron chi connectivity index (χ4n) is 3.58. The molecule has 0 unspecified atom stereocenters. The molecule has 0 aromatic heterocycles. The van der Waals surface area contributed by atoms with Gasteiger partial charge in [0.2, 0.25) is 0 Å². The van der Waals surface area contributed by atoms with Gasteiger partial charge in [-0.3, -0.25) is 4.79 Å². The highest BCUT2D eigenvalue weighted by atomic mass is 16.8. The van der Waals surface area contributed by atoms with E-state index in [0.717, 1.165) is 25.7 Å². The van der Waals surface area contributed by atoms with Gasteiger partial charge in [-0.25, -0.2) is 0 Å². The average molecular weight is 342 g/mol. The van der Waals surface area contributed by atoms with Crippen LogP contribution in [0, 0.1) is 5.41 Å². The minimum atomic E-state index is -1.05. The van der Waals surface area contributed by atoms with Gasteiger partial charge in [-0.2, -0.15) is 0 Å². The molecule has 0 aromatic rings. The van der Waals surface area contributed by atoms with Crippen molar-refractivity contribution in [3.05, 3.63) is 0 Å². The molecule has 6 heteroatoms. The standard InChI is InChI=1S/C18H30O6/c1-16(2,3)17(4)21-10-12(19)15(24-17)14(20)13-11-22-18(23-13)8-6-5-7-9-18/h13-15,20H,5-11H2,1-4H3/t13-,14+,15-,17-/m1/s1. The predicted octanol–water partition coefficient (Wildman–Crippen LogP) is 2.17. The summed E-state index contributed by atoms with van der Waals surface area (Å²) in [6.07, 6.45) is 2.47. The van der Waals surface area contributed by atoms with Crippen molar-refractivity contribution in [2.24, 2.45) is 5.41 Å². The highest BCUT2D eigenvalue weighted by Crippen LogP contribution is 2.41. The van der Waals surface area contributed by atoms with Gasteiger partial charge in [0.15, 0.2) is 17.4 Å². The van der Waals surface area contributed by atoms with Crippen LogP contribution in [-0.4, -0.2) is 54.0 Å². The number of hydrogen-bond acceptors (Lipinski definition) is 6. The van der Waals surface area contributed by atoms with E-state index in [-0.39, 0.29) is 17.8 Å². The van der Waals surface area contributed by atoms with Gasteiger partial charge < -0.3 is 24.1 Å². The van der Waals surface area contributed by atoms with Gasteiger partial charge in [-0.1, -0.05) is 27.2 Å². The van der Waals surface area contributed by atoms with Crippen LogP contribution in [0.1, 0.15) is 59.8 Å². The Bertz CT molecular complexity index is 478. The fraction of sp³-hybridized carbons (Fsp3) is 0.944. The van der Waals surface area contributed by atoms with Gasteiger partial charge >= 0.3 is 0 Å². The lowest BCUT2D eigenvalue weighted by atomic mass is 9.85. The highest BCUT2D eigenvalue weighted by Gasteiger charge is 2.53. The van der Waals surface area contributed by atoms with Crippen molar-refractivity contribution in [1.82, 2.24) is 0 Å². The van der Waals surface area contributed by atoms with Crippen LogP contribution in [0.2, 0.25) is 0 Å². The normalized spacial score (nSPS) is 38.5. The van der Waals surface area contributed by atoms with Crippen molar-refractivity contribution in [2.45, 2.75) is 89.7 Å². The van der Waals surface area contributed by atoms with Crippen molar-refractivity contribution < 1.29 is 28.8 Å². The van der Waals surface area contributed by atoms with Crippen molar-refractivity contribution >= 4 is 5.78 Å². The zero-order valence-corrected chi connectivity index (χ0v) is 15.2. The molecular formula is C18H30O6. The number of ether oxygens (including phenoxy) is 4. The molecule has 2 aliphatic heterocycles. The monoisotopic (exact) mass is 342 g/mol. The molecule has 0 bridgehead atoms. The summed E-state index contributed by atoms with van der Waals surface area (Å²) in [7, 11) is 0. The van der Waals surface area contributed by atoms with Crippen LogP contribution in [0.4, 0.5) is 0 Å². The molecule has 1 spiro atoms. The third kappa shape index (κ3) is 3.27. The van der Waals surface area contributed by atoms with Crippen LogP contribution in [0.25, 0.3) is 0 Å². The van der Waals surface area contributed by atoms with Crippen LogP contribution in [0.15, 0.2) is 0 Å². The molecule has 4 atom stereocenters. The van der Waals surface area contributed by atoms with E-state index in [0.29, 0.717) is 6.61 Å². The third-order valence-corrected chi connectivity index (χ3v) is 5.70. The number of Topliss-reactive ketones (excluding diaryl/α,β-unsaturated/α-hetero) is 1. The van der Waals surface area contributed by atoms with Crippen molar-refractivity contribution in [3.63, 3.8) is 0 Å². The Hall–Kier alpha value is -0.530. The lowest BCUT2D eigenvalue weighted by Crippen LogP contribution is -2.59. The molecular weight excluding hydrogens is 312 g/mol. The molecule has 0 amide bonds. The maximum Gasteiger partial charge on any atom is 0.190 e. The Morgan fingerprint density at radius 2 is 1.79 bits per heavy atom. The molecule has 24 heavy (non-hydrogen) atoms. The molecule has 2 heterocycles. The summed E-state index contributed by atoms with van der Waals surface area (Å²) in [6.45, 7) is 8.00. The van der Waals surface area contributed by atoms with E-state index in [9.17, 15) is 9.90 Å². The summed E-state index contributed by atoms with van der Waals surface area (Å²) in [5, 5.41) is 10.7. The minimum absolute atomic E-state index is 0.0613. The number of carbonyl (C=O) groups excluding carboxylic acids is 1. The van der Waals surface area contributed by atoms with Gasteiger partial charge in [0, 0.05) is 18.3 Å². The molecule has 1 aliphatic carbocycles. The quantitative estimate of drug-likeness (QED) is 0.829. The zero-order valence-electron chi connectivity index (χ0n) is 15.2. The number of aliphatic hydroxyl groups is 1. The summed E-state index contributed by atoms with van der Waals surface area (Å²) in [5.74, 6) is -1.77. The van der Waals surface area contributed by atoms with Crippen LogP contribution in [0.3, 0.4) is 0 Å². The Morgan fingerprint density at radius 1 is 1.12 bits per heavy atom. The molecule has 2 saturated heterocycles. The molecule has 6 nitrogen and oxygen atoms in total. The Labute approximate surface area is 143 Å².